The number of nitrogens with zero attached hydrogens (tertiary/aromatic N) is 3. The van der Waals surface area contributed by atoms with E-state index in [-0.39, 0.29) is 12.1 Å². The van der Waals surface area contributed by atoms with Crippen LogP contribution in [0.25, 0.3) is 0 Å². The average Bonchev–Trinajstić information content (AvgIpc) is 2.68. The molecule has 0 aromatic heterocycles. The van der Waals surface area contributed by atoms with Crippen LogP contribution in [0.1, 0.15) is 22.7 Å². The molecule has 100 valence electrons. The van der Waals surface area contributed by atoms with Crippen LogP contribution in [-0.4, -0.2) is 36.5 Å². The van der Waals surface area contributed by atoms with Crippen molar-refractivity contribution in [3.63, 3.8) is 0 Å². The van der Waals surface area contributed by atoms with E-state index in [2.05, 4.69) is 0 Å². The first kappa shape index (κ1) is 13.2. The minimum absolute atomic E-state index is 0.0863. The molecule has 1 aliphatic rings. The number of amides is 2. The predicted molar refractivity (Wildman–Crippen MR) is 70.7 cm³/mol. The van der Waals surface area contributed by atoms with E-state index in [9.17, 15) is 4.79 Å². The molecule has 5 heteroatoms. The van der Waals surface area contributed by atoms with Gasteiger partial charge in [-0.1, -0.05) is 0 Å². The zero-order chi connectivity index (χ0) is 14.2. The van der Waals surface area contributed by atoms with Crippen molar-refractivity contribution in [2.24, 2.45) is 0 Å². The minimum atomic E-state index is -0.250. The van der Waals surface area contributed by atoms with Gasteiger partial charge in [0.1, 0.15) is 5.75 Å². The highest BCUT2D eigenvalue weighted by atomic mass is 16.5. The van der Waals surface area contributed by atoms with Crippen LogP contribution < -0.4 is 4.74 Å². The van der Waals surface area contributed by atoms with Gasteiger partial charge in [-0.05, 0) is 42.7 Å². The Morgan fingerprint density at radius 2 is 2.05 bits per heavy atom. The van der Waals surface area contributed by atoms with Crippen molar-refractivity contribution in [2.75, 3.05) is 20.7 Å². The van der Waals surface area contributed by atoms with E-state index < -0.39 is 0 Å². The van der Waals surface area contributed by atoms with Crippen LogP contribution in [0, 0.1) is 25.3 Å². The van der Waals surface area contributed by atoms with Crippen molar-refractivity contribution < 1.29 is 9.53 Å². The maximum atomic E-state index is 11.8. The van der Waals surface area contributed by atoms with Crippen LogP contribution in [0.4, 0.5) is 4.79 Å². The number of likely N-dealkylation sites (N-methyl/N-ethyl adjacent to an activating group) is 1. The zero-order valence-electron chi connectivity index (χ0n) is 11.6. The summed E-state index contributed by atoms with van der Waals surface area (Å²) in [4.78, 5) is 14.6. The lowest BCUT2D eigenvalue weighted by Crippen LogP contribution is -2.26. The summed E-state index contributed by atoms with van der Waals surface area (Å²) < 4.78 is 5.29. The molecule has 1 fully saturated rings. The summed E-state index contributed by atoms with van der Waals surface area (Å²) in [6.07, 6.45) is 1.92. The van der Waals surface area contributed by atoms with E-state index in [1.54, 1.807) is 19.1 Å². The Labute approximate surface area is 113 Å². The van der Waals surface area contributed by atoms with Crippen molar-refractivity contribution in [3.05, 3.63) is 28.8 Å². The molecule has 1 heterocycles. The van der Waals surface area contributed by atoms with Crippen molar-refractivity contribution in [1.29, 1.82) is 5.26 Å². The first-order valence-corrected chi connectivity index (χ1v) is 6.08. The standard InChI is InChI=1S/C14H17N3O2/c1-9-6-13(19-4)10(2)5-11(9)12-7-17(8-15)14(18)16(12)3/h5-6,12H,7H2,1-4H3. The quantitative estimate of drug-likeness (QED) is 0.765. The van der Waals surface area contributed by atoms with Gasteiger partial charge in [0.2, 0.25) is 0 Å². The van der Waals surface area contributed by atoms with Crippen molar-refractivity contribution in [3.8, 4) is 11.9 Å². The van der Waals surface area contributed by atoms with E-state index in [0.717, 1.165) is 22.4 Å². The fourth-order valence-electron chi connectivity index (χ4n) is 2.48. The smallest absolute Gasteiger partial charge is 0.333 e. The first-order chi connectivity index (χ1) is 8.99. The zero-order valence-corrected chi connectivity index (χ0v) is 11.6. The van der Waals surface area contributed by atoms with Gasteiger partial charge in [-0.3, -0.25) is 0 Å². The van der Waals surface area contributed by atoms with E-state index in [0.29, 0.717) is 6.54 Å². The third-order valence-electron chi connectivity index (χ3n) is 3.62. The number of benzene rings is 1. The summed E-state index contributed by atoms with van der Waals surface area (Å²) >= 11 is 0. The number of carbonyl (C=O) groups is 1. The molecule has 2 rings (SSSR count). The summed E-state index contributed by atoms with van der Waals surface area (Å²) in [6.45, 7) is 4.36. The summed E-state index contributed by atoms with van der Waals surface area (Å²) in [5.41, 5.74) is 3.15. The largest absolute Gasteiger partial charge is 0.496 e. The second kappa shape index (κ2) is 4.81. The third-order valence-corrected chi connectivity index (χ3v) is 3.62. The Morgan fingerprint density at radius 1 is 1.37 bits per heavy atom. The maximum absolute atomic E-state index is 11.8. The summed E-state index contributed by atoms with van der Waals surface area (Å²) in [5.74, 6) is 0.838. The van der Waals surface area contributed by atoms with Gasteiger partial charge in [0.05, 0.1) is 19.7 Å². The number of hydrogen-bond donors (Lipinski definition) is 0. The van der Waals surface area contributed by atoms with Crippen LogP contribution in [0.5, 0.6) is 5.75 Å². The number of hydrogen-bond acceptors (Lipinski definition) is 3. The molecule has 1 unspecified atom stereocenters. The Bertz CT molecular complexity index is 563. The molecule has 1 atom stereocenters. The summed E-state index contributed by atoms with van der Waals surface area (Å²) in [7, 11) is 3.37. The lowest BCUT2D eigenvalue weighted by Gasteiger charge is -2.21. The number of urea groups is 1. The molecule has 0 spiro atoms. The fourth-order valence-corrected chi connectivity index (χ4v) is 2.48. The second-order valence-corrected chi connectivity index (χ2v) is 4.80. The topological polar surface area (TPSA) is 56.6 Å². The molecule has 19 heavy (non-hydrogen) atoms. The average molecular weight is 259 g/mol. The number of ether oxygens (including phenoxy) is 1. The molecule has 1 aromatic carbocycles. The molecule has 0 N–H and O–H groups in total. The maximum Gasteiger partial charge on any atom is 0.333 e. The predicted octanol–water partition coefficient (Wildman–Crippen LogP) is 2.20. The number of aryl methyl sites for hydroxylation is 2. The SMILES string of the molecule is COc1cc(C)c(C2CN(C#N)C(=O)N2C)cc1C. The van der Waals surface area contributed by atoms with Gasteiger partial charge in [-0.2, -0.15) is 5.26 Å². The van der Waals surface area contributed by atoms with E-state index in [1.165, 1.54) is 4.90 Å². The first-order valence-electron chi connectivity index (χ1n) is 6.08. The van der Waals surface area contributed by atoms with Gasteiger partial charge in [0.25, 0.3) is 0 Å². The fraction of sp³-hybridized carbons (Fsp3) is 0.429. The van der Waals surface area contributed by atoms with Crippen molar-refractivity contribution in [1.82, 2.24) is 9.80 Å². The van der Waals surface area contributed by atoms with Gasteiger partial charge < -0.3 is 9.64 Å². The molecule has 0 aliphatic carbocycles. The van der Waals surface area contributed by atoms with Crippen molar-refractivity contribution in [2.45, 2.75) is 19.9 Å². The number of nitriles is 1. The van der Waals surface area contributed by atoms with Crippen LogP contribution in [0.15, 0.2) is 12.1 Å². The van der Waals surface area contributed by atoms with Gasteiger partial charge in [0, 0.05) is 7.05 Å². The van der Waals surface area contributed by atoms with Crippen LogP contribution in [-0.2, 0) is 0 Å². The third kappa shape index (κ3) is 2.10. The molecular formula is C14H17N3O2. The molecule has 5 nitrogen and oxygen atoms in total. The van der Waals surface area contributed by atoms with Crippen LogP contribution in [0.3, 0.4) is 0 Å². The van der Waals surface area contributed by atoms with E-state index >= 15 is 0 Å². The molecule has 1 saturated heterocycles. The summed E-state index contributed by atoms with van der Waals surface area (Å²) in [5, 5.41) is 8.93. The monoisotopic (exact) mass is 259 g/mol. The Kier molecular flexibility index (Phi) is 3.34. The van der Waals surface area contributed by atoms with Gasteiger partial charge >= 0.3 is 6.03 Å². The summed E-state index contributed by atoms with van der Waals surface area (Å²) in [6, 6.07) is 3.67. The van der Waals surface area contributed by atoms with Crippen LogP contribution >= 0.6 is 0 Å². The Hall–Kier alpha value is -2.22. The van der Waals surface area contributed by atoms with E-state index in [1.807, 2.05) is 32.2 Å². The second-order valence-electron chi connectivity index (χ2n) is 4.80. The normalized spacial score (nSPS) is 18.7. The number of rotatable bonds is 2. The molecule has 1 aromatic rings. The number of carbonyl (C=O) groups excluding carboxylic acids is 1. The molecule has 1 aliphatic heterocycles. The molecule has 0 radical (unpaired) electrons. The lowest BCUT2D eigenvalue weighted by atomic mass is 9.98. The number of methoxy groups -OCH3 is 1. The lowest BCUT2D eigenvalue weighted by molar-refractivity contribution is 0.205. The highest BCUT2D eigenvalue weighted by Crippen LogP contribution is 2.33. The molecule has 2 amide bonds. The van der Waals surface area contributed by atoms with Gasteiger partial charge in [0.15, 0.2) is 6.19 Å². The van der Waals surface area contributed by atoms with Gasteiger partial charge in [-0.15, -0.1) is 0 Å². The molecule has 0 bridgehead atoms. The van der Waals surface area contributed by atoms with Gasteiger partial charge in [-0.25, -0.2) is 9.69 Å². The minimum Gasteiger partial charge on any atom is -0.496 e. The highest BCUT2D eigenvalue weighted by Gasteiger charge is 2.36. The molecule has 0 saturated carbocycles. The van der Waals surface area contributed by atoms with Crippen LogP contribution in [0.2, 0.25) is 0 Å². The van der Waals surface area contributed by atoms with E-state index in [4.69, 9.17) is 10.00 Å². The highest BCUT2D eigenvalue weighted by molar-refractivity contribution is 5.79. The Balaban J connectivity index is 2.41. The van der Waals surface area contributed by atoms with Crippen molar-refractivity contribution >= 4 is 6.03 Å². The molecular weight excluding hydrogens is 242 g/mol. The Morgan fingerprint density at radius 3 is 2.58 bits per heavy atom.